The van der Waals surface area contributed by atoms with Crippen LogP contribution in [0.15, 0.2) is 51.7 Å². The number of nitrogens with one attached hydrogen (secondary N) is 1. The zero-order valence-electron chi connectivity index (χ0n) is 10.4. The summed E-state index contributed by atoms with van der Waals surface area (Å²) >= 11 is 1.57. The number of hydrogen-bond donors (Lipinski definition) is 1. The fourth-order valence-corrected chi connectivity index (χ4v) is 2.32. The van der Waals surface area contributed by atoms with Crippen LogP contribution in [0, 0.1) is 0 Å². The molecule has 20 heavy (non-hydrogen) atoms. The maximum Gasteiger partial charge on any atom is 0.251 e. The average molecular weight is 285 g/mol. The number of benzene rings is 1. The molecule has 0 bridgehead atoms. The average Bonchev–Trinajstić information content (AvgIpc) is 3.16. The normalized spacial score (nSPS) is 10.4. The Hall–Kier alpha value is -2.47. The Labute approximate surface area is 119 Å². The van der Waals surface area contributed by atoms with Gasteiger partial charge >= 0.3 is 0 Å². The highest BCUT2D eigenvalue weighted by Gasteiger charge is 2.10. The number of aromatic nitrogens is 2. The summed E-state index contributed by atoms with van der Waals surface area (Å²) in [4.78, 5) is 16.1. The minimum absolute atomic E-state index is 0.166. The fourth-order valence-electron chi connectivity index (χ4n) is 1.68. The molecule has 2 heterocycles. The second-order valence-electron chi connectivity index (χ2n) is 4.07. The molecule has 0 aliphatic carbocycles. The van der Waals surface area contributed by atoms with Gasteiger partial charge in [-0.2, -0.15) is 16.3 Å². The molecule has 0 aliphatic rings. The van der Waals surface area contributed by atoms with Crippen LogP contribution in [0.5, 0.6) is 0 Å². The van der Waals surface area contributed by atoms with Crippen molar-refractivity contribution < 1.29 is 9.32 Å². The largest absolute Gasteiger partial charge is 0.343 e. The minimum Gasteiger partial charge on any atom is -0.343 e. The zero-order valence-corrected chi connectivity index (χ0v) is 11.3. The molecule has 3 aromatic rings. The lowest BCUT2D eigenvalue weighted by Crippen LogP contribution is -2.22. The van der Waals surface area contributed by atoms with E-state index in [-0.39, 0.29) is 12.5 Å². The van der Waals surface area contributed by atoms with Crippen LogP contribution < -0.4 is 5.32 Å². The lowest BCUT2D eigenvalue weighted by molar-refractivity contribution is 0.0946. The van der Waals surface area contributed by atoms with Crippen molar-refractivity contribution in [3.05, 3.63) is 58.6 Å². The minimum atomic E-state index is -0.166. The summed E-state index contributed by atoms with van der Waals surface area (Å²) in [6, 6.07) is 10.9. The van der Waals surface area contributed by atoms with Gasteiger partial charge in [0.15, 0.2) is 0 Å². The molecule has 0 saturated heterocycles. The topological polar surface area (TPSA) is 68.0 Å². The van der Waals surface area contributed by atoms with Gasteiger partial charge in [0.05, 0.1) is 6.54 Å². The predicted molar refractivity (Wildman–Crippen MR) is 75.2 cm³/mol. The van der Waals surface area contributed by atoms with Crippen LogP contribution in [-0.4, -0.2) is 16.0 Å². The molecular weight excluding hydrogens is 274 g/mol. The van der Waals surface area contributed by atoms with Gasteiger partial charge in [0.25, 0.3) is 5.91 Å². The molecule has 2 aromatic heterocycles. The number of thiophene rings is 1. The number of hydrogen-bond acceptors (Lipinski definition) is 5. The van der Waals surface area contributed by atoms with Crippen LogP contribution in [0.4, 0.5) is 0 Å². The van der Waals surface area contributed by atoms with Gasteiger partial charge in [-0.1, -0.05) is 23.4 Å². The van der Waals surface area contributed by atoms with Crippen LogP contribution >= 0.6 is 11.3 Å². The highest BCUT2D eigenvalue weighted by molar-refractivity contribution is 7.08. The smallest absolute Gasteiger partial charge is 0.251 e. The number of amides is 1. The van der Waals surface area contributed by atoms with Gasteiger partial charge in [-0.3, -0.25) is 4.79 Å². The van der Waals surface area contributed by atoms with Gasteiger partial charge in [0.2, 0.25) is 11.7 Å². The van der Waals surface area contributed by atoms with Gasteiger partial charge in [-0.15, -0.1) is 0 Å². The second kappa shape index (κ2) is 5.66. The number of rotatable bonds is 4. The summed E-state index contributed by atoms with van der Waals surface area (Å²) in [6.07, 6.45) is 0. The van der Waals surface area contributed by atoms with Crippen molar-refractivity contribution in [3.63, 3.8) is 0 Å². The Bertz CT molecular complexity index is 692. The molecule has 0 unspecified atom stereocenters. The van der Waals surface area contributed by atoms with Crippen LogP contribution in [-0.2, 0) is 6.54 Å². The number of nitrogens with zero attached hydrogens (tertiary/aromatic N) is 2. The van der Waals surface area contributed by atoms with Crippen molar-refractivity contribution in [1.82, 2.24) is 15.5 Å². The Morgan fingerprint density at radius 2 is 2.10 bits per heavy atom. The first kappa shape index (κ1) is 12.6. The third-order valence-electron chi connectivity index (χ3n) is 2.68. The molecule has 1 amide bonds. The molecule has 5 nitrogen and oxygen atoms in total. The molecule has 0 aliphatic heterocycles. The lowest BCUT2D eigenvalue weighted by atomic mass is 10.2. The first-order valence-electron chi connectivity index (χ1n) is 6.01. The molecule has 0 spiro atoms. The third kappa shape index (κ3) is 2.75. The van der Waals surface area contributed by atoms with Crippen molar-refractivity contribution >= 4 is 17.2 Å². The van der Waals surface area contributed by atoms with E-state index in [1.165, 1.54) is 0 Å². The number of carbonyl (C=O) groups is 1. The van der Waals surface area contributed by atoms with Crippen LogP contribution in [0.3, 0.4) is 0 Å². The number of carbonyl (C=O) groups excluding carboxylic acids is 1. The van der Waals surface area contributed by atoms with E-state index >= 15 is 0 Å². The Balaban J connectivity index is 1.63. The van der Waals surface area contributed by atoms with E-state index in [0.29, 0.717) is 17.3 Å². The molecule has 3 rings (SSSR count). The Morgan fingerprint density at radius 1 is 1.25 bits per heavy atom. The summed E-state index contributed by atoms with van der Waals surface area (Å²) in [5, 5.41) is 10.5. The van der Waals surface area contributed by atoms with E-state index in [0.717, 1.165) is 5.56 Å². The van der Waals surface area contributed by atoms with Crippen LogP contribution in [0.25, 0.3) is 11.4 Å². The Kier molecular flexibility index (Phi) is 3.56. The molecule has 0 atom stereocenters. The van der Waals surface area contributed by atoms with Crippen molar-refractivity contribution in [2.45, 2.75) is 6.54 Å². The van der Waals surface area contributed by atoms with E-state index in [4.69, 9.17) is 4.52 Å². The van der Waals surface area contributed by atoms with Gasteiger partial charge in [-0.25, -0.2) is 0 Å². The highest BCUT2D eigenvalue weighted by Crippen LogP contribution is 2.18. The van der Waals surface area contributed by atoms with Crippen LogP contribution in [0.1, 0.15) is 16.2 Å². The van der Waals surface area contributed by atoms with E-state index in [2.05, 4.69) is 15.5 Å². The summed E-state index contributed by atoms with van der Waals surface area (Å²) in [7, 11) is 0. The van der Waals surface area contributed by atoms with Crippen molar-refractivity contribution in [3.8, 4) is 11.4 Å². The molecule has 6 heteroatoms. The predicted octanol–water partition coefficient (Wildman–Crippen LogP) is 2.73. The summed E-state index contributed by atoms with van der Waals surface area (Å²) in [5.74, 6) is 0.756. The van der Waals surface area contributed by atoms with Gasteiger partial charge in [0.1, 0.15) is 0 Å². The summed E-state index contributed by atoms with van der Waals surface area (Å²) < 4.78 is 5.10. The second-order valence-corrected chi connectivity index (χ2v) is 4.85. The SMILES string of the molecule is O=C(NCc1nc(-c2ccsc2)no1)c1ccccc1. The van der Waals surface area contributed by atoms with E-state index < -0.39 is 0 Å². The first-order chi connectivity index (χ1) is 9.83. The van der Waals surface area contributed by atoms with Crippen molar-refractivity contribution in [1.29, 1.82) is 0 Å². The summed E-state index contributed by atoms with van der Waals surface area (Å²) in [5.41, 5.74) is 1.52. The molecule has 0 saturated carbocycles. The standard InChI is InChI=1S/C14H11N3O2S/c18-14(10-4-2-1-3-5-10)15-8-12-16-13(17-19-12)11-6-7-20-9-11/h1-7,9H,8H2,(H,15,18). The van der Waals surface area contributed by atoms with Gasteiger partial charge in [0, 0.05) is 16.5 Å². The molecule has 0 fully saturated rings. The highest BCUT2D eigenvalue weighted by atomic mass is 32.1. The Morgan fingerprint density at radius 3 is 2.85 bits per heavy atom. The van der Waals surface area contributed by atoms with E-state index in [9.17, 15) is 4.79 Å². The third-order valence-corrected chi connectivity index (χ3v) is 3.37. The molecule has 0 radical (unpaired) electrons. The zero-order chi connectivity index (χ0) is 13.8. The van der Waals surface area contributed by atoms with E-state index in [1.54, 1.807) is 23.5 Å². The van der Waals surface area contributed by atoms with Crippen molar-refractivity contribution in [2.24, 2.45) is 0 Å². The maximum absolute atomic E-state index is 11.9. The fraction of sp³-hybridized carbons (Fsp3) is 0.0714. The van der Waals surface area contributed by atoms with Gasteiger partial charge < -0.3 is 9.84 Å². The quantitative estimate of drug-likeness (QED) is 0.800. The maximum atomic E-state index is 11.9. The lowest BCUT2D eigenvalue weighted by Gasteiger charge is -2.01. The monoisotopic (exact) mass is 285 g/mol. The molecule has 1 aromatic carbocycles. The molecule has 1 N–H and O–H groups in total. The van der Waals surface area contributed by atoms with Crippen LogP contribution in [0.2, 0.25) is 0 Å². The van der Waals surface area contributed by atoms with Gasteiger partial charge in [-0.05, 0) is 23.6 Å². The first-order valence-corrected chi connectivity index (χ1v) is 6.95. The molecular formula is C14H11N3O2S. The molecule has 100 valence electrons. The van der Waals surface area contributed by atoms with E-state index in [1.807, 2.05) is 35.0 Å². The summed E-state index contributed by atoms with van der Waals surface area (Å²) in [6.45, 7) is 0.213. The van der Waals surface area contributed by atoms with Crippen molar-refractivity contribution in [2.75, 3.05) is 0 Å².